The summed E-state index contributed by atoms with van der Waals surface area (Å²) in [5, 5.41) is 0.416. The zero-order valence-electron chi connectivity index (χ0n) is 9.78. The van der Waals surface area contributed by atoms with Crippen LogP contribution in [-0.2, 0) is 6.42 Å². The lowest BCUT2D eigenvalue weighted by atomic mass is 10.0. The molecule has 2 aromatic rings. The van der Waals surface area contributed by atoms with E-state index in [-0.39, 0.29) is 17.8 Å². The summed E-state index contributed by atoms with van der Waals surface area (Å²) in [6.07, 6.45) is 3.10. The minimum absolute atomic E-state index is 0.0712. The highest BCUT2D eigenvalue weighted by Crippen LogP contribution is 2.18. The van der Waals surface area contributed by atoms with Gasteiger partial charge in [-0.1, -0.05) is 23.2 Å². The lowest BCUT2D eigenvalue weighted by Crippen LogP contribution is -2.07. The molecule has 1 aromatic heterocycles. The van der Waals surface area contributed by atoms with Gasteiger partial charge in [0.05, 0.1) is 10.6 Å². The first-order valence-corrected chi connectivity index (χ1v) is 5.83. The van der Waals surface area contributed by atoms with E-state index in [2.05, 4.69) is 4.98 Å². The summed E-state index contributed by atoms with van der Waals surface area (Å²) in [6.45, 7) is 1.82. The first-order valence-electron chi connectivity index (χ1n) is 5.45. The number of halogens is 2. The van der Waals surface area contributed by atoms with Crippen molar-refractivity contribution >= 4 is 17.4 Å². The maximum atomic E-state index is 13.6. The largest absolute Gasteiger partial charge is 0.294 e. The van der Waals surface area contributed by atoms with Crippen LogP contribution in [0.4, 0.5) is 4.39 Å². The van der Waals surface area contributed by atoms with Gasteiger partial charge < -0.3 is 0 Å². The number of carbonyl (C=O) groups excluding carboxylic acids is 1. The molecule has 0 bridgehead atoms. The molecule has 0 amide bonds. The highest BCUT2D eigenvalue weighted by atomic mass is 35.5. The molecule has 0 saturated carbocycles. The third-order valence-electron chi connectivity index (χ3n) is 2.63. The van der Waals surface area contributed by atoms with Gasteiger partial charge in [0.25, 0.3) is 0 Å². The smallest absolute Gasteiger partial charge is 0.170 e. The van der Waals surface area contributed by atoms with Crippen molar-refractivity contribution < 1.29 is 9.18 Å². The van der Waals surface area contributed by atoms with Crippen LogP contribution >= 0.6 is 11.6 Å². The highest BCUT2D eigenvalue weighted by molar-refractivity contribution is 6.31. The first-order chi connectivity index (χ1) is 8.58. The Kier molecular flexibility index (Phi) is 3.72. The summed E-state index contributed by atoms with van der Waals surface area (Å²) in [7, 11) is 0. The van der Waals surface area contributed by atoms with Crippen LogP contribution in [0.2, 0.25) is 5.02 Å². The molecule has 0 radical (unpaired) electrons. The second-order valence-electron chi connectivity index (χ2n) is 4.05. The topological polar surface area (TPSA) is 30.0 Å². The zero-order valence-corrected chi connectivity index (χ0v) is 10.5. The van der Waals surface area contributed by atoms with Gasteiger partial charge in [-0.05, 0) is 30.7 Å². The number of nitrogens with zero attached hydrogens (tertiary/aromatic N) is 1. The van der Waals surface area contributed by atoms with Crippen molar-refractivity contribution in [3.8, 4) is 0 Å². The first kappa shape index (κ1) is 12.7. The number of aromatic nitrogens is 1. The third kappa shape index (κ3) is 2.74. The van der Waals surface area contributed by atoms with Crippen LogP contribution in [0.1, 0.15) is 21.5 Å². The molecule has 0 spiro atoms. The molecular formula is C14H11ClFNO. The number of benzene rings is 1. The molecule has 0 aliphatic carbocycles. The molecule has 18 heavy (non-hydrogen) atoms. The van der Waals surface area contributed by atoms with Gasteiger partial charge >= 0.3 is 0 Å². The lowest BCUT2D eigenvalue weighted by Gasteiger charge is -2.05. The molecule has 4 heteroatoms. The second kappa shape index (κ2) is 5.27. The van der Waals surface area contributed by atoms with Crippen LogP contribution in [0.15, 0.2) is 36.7 Å². The minimum Gasteiger partial charge on any atom is -0.294 e. The fourth-order valence-corrected chi connectivity index (χ4v) is 1.85. The normalized spacial score (nSPS) is 10.4. The molecule has 0 aliphatic rings. The highest BCUT2D eigenvalue weighted by Gasteiger charge is 2.14. The Bertz CT molecular complexity index is 598. The van der Waals surface area contributed by atoms with E-state index in [1.165, 1.54) is 12.3 Å². The number of aryl methyl sites for hydroxylation is 1. The van der Waals surface area contributed by atoms with Gasteiger partial charge in [0.15, 0.2) is 5.78 Å². The van der Waals surface area contributed by atoms with E-state index < -0.39 is 5.82 Å². The molecule has 0 saturated heterocycles. The van der Waals surface area contributed by atoms with Crippen LogP contribution in [-0.4, -0.2) is 10.8 Å². The average Bonchev–Trinajstić information content (AvgIpc) is 2.35. The molecule has 1 heterocycles. The van der Waals surface area contributed by atoms with E-state index in [4.69, 9.17) is 11.6 Å². The number of pyridine rings is 1. The van der Waals surface area contributed by atoms with Crippen molar-refractivity contribution in [1.82, 2.24) is 4.98 Å². The quantitative estimate of drug-likeness (QED) is 0.792. The number of ketones is 1. The number of rotatable bonds is 3. The van der Waals surface area contributed by atoms with Gasteiger partial charge in [-0.15, -0.1) is 0 Å². The lowest BCUT2D eigenvalue weighted by molar-refractivity contribution is 0.0989. The Morgan fingerprint density at radius 1 is 1.39 bits per heavy atom. The molecule has 0 unspecified atom stereocenters. The molecule has 92 valence electrons. The predicted molar refractivity (Wildman–Crippen MR) is 68.4 cm³/mol. The fraction of sp³-hybridized carbons (Fsp3) is 0.143. The average molecular weight is 264 g/mol. The Labute approximate surface area is 109 Å². The van der Waals surface area contributed by atoms with Gasteiger partial charge in [-0.2, -0.15) is 0 Å². The Morgan fingerprint density at radius 3 is 2.89 bits per heavy atom. The van der Waals surface area contributed by atoms with E-state index in [9.17, 15) is 9.18 Å². The van der Waals surface area contributed by atoms with Gasteiger partial charge in [-0.25, -0.2) is 4.39 Å². The summed E-state index contributed by atoms with van der Waals surface area (Å²) in [4.78, 5) is 15.9. The Balaban J connectivity index is 2.28. The molecule has 1 aromatic carbocycles. The van der Waals surface area contributed by atoms with E-state index in [0.29, 0.717) is 10.6 Å². The van der Waals surface area contributed by atoms with Crippen LogP contribution < -0.4 is 0 Å². The van der Waals surface area contributed by atoms with Crippen molar-refractivity contribution in [2.24, 2.45) is 0 Å². The summed E-state index contributed by atoms with van der Waals surface area (Å²) in [5.41, 5.74) is 1.60. The van der Waals surface area contributed by atoms with E-state index in [1.807, 2.05) is 6.92 Å². The number of Topliss-reactive ketones (excluding diaryl/α,β-unsaturated/α-hetero) is 1. The number of hydrogen-bond acceptors (Lipinski definition) is 2. The van der Waals surface area contributed by atoms with Crippen molar-refractivity contribution in [2.45, 2.75) is 13.3 Å². The summed E-state index contributed by atoms with van der Waals surface area (Å²) >= 11 is 5.92. The van der Waals surface area contributed by atoms with Crippen LogP contribution in [0, 0.1) is 12.7 Å². The monoisotopic (exact) mass is 263 g/mol. The predicted octanol–water partition coefficient (Wildman–Crippen LogP) is 3.61. The van der Waals surface area contributed by atoms with Gasteiger partial charge in [0, 0.05) is 18.8 Å². The number of carbonyl (C=O) groups is 1. The van der Waals surface area contributed by atoms with Gasteiger partial charge in [0.2, 0.25) is 0 Å². The van der Waals surface area contributed by atoms with Gasteiger partial charge in [-0.3, -0.25) is 9.78 Å². The summed E-state index contributed by atoms with van der Waals surface area (Å²) in [6, 6.07) is 6.14. The molecule has 2 rings (SSSR count). The summed E-state index contributed by atoms with van der Waals surface area (Å²) < 4.78 is 13.6. The zero-order chi connectivity index (χ0) is 13.1. The molecular weight excluding hydrogens is 253 g/mol. The van der Waals surface area contributed by atoms with E-state index >= 15 is 0 Å². The third-order valence-corrected chi connectivity index (χ3v) is 2.97. The van der Waals surface area contributed by atoms with Crippen LogP contribution in [0.3, 0.4) is 0 Å². The van der Waals surface area contributed by atoms with Crippen molar-refractivity contribution in [3.05, 3.63) is 64.2 Å². The van der Waals surface area contributed by atoms with Crippen molar-refractivity contribution in [3.63, 3.8) is 0 Å². The van der Waals surface area contributed by atoms with Crippen molar-refractivity contribution in [2.75, 3.05) is 0 Å². The number of hydrogen-bond donors (Lipinski definition) is 0. The molecule has 0 fully saturated rings. The van der Waals surface area contributed by atoms with Gasteiger partial charge in [0.1, 0.15) is 5.82 Å². The standard InChI is InChI=1S/C14H11ClFNO/c1-9-2-3-13(16)11(6-9)14(18)7-10-4-5-17-8-12(10)15/h2-6,8H,7H2,1H3. The van der Waals surface area contributed by atoms with Crippen LogP contribution in [0.5, 0.6) is 0 Å². The van der Waals surface area contributed by atoms with E-state index in [0.717, 1.165) is 5.56 Å². The Morgan fingerprint density at radius 2 is 2.17 bits per heavy atom. The maximum Gasteiger partial charge on any atom is 0.170 e. The molecule has 0 atom stereocenters. The van der Waals surface area contributed by atoms with Crippen LogP contribution in [0.25, 0.3) is 0 Å². The van der Waals surface area contributed by atoms with Crippen molar-refractivity contribution in [1.29, 1.82) is 0 Å². The fourth-order valence-electron chi connectivity index (χ4n) is 1.67. The van der Waals surface area contributed by atoms with E-state index in [1.54, 1.807) is 24.4 Å². The maximum absolute atomic E-state index is 13.6. The Hall–Kier alpha value is -1.74. The molecule has 0 N–H and O–H groups in total. The summed E-state index contributed by atoms with van der Waals surface area (Å²) in [5.74, 6) is -0.792. The minimum atomic E-state index is -0.504. The second-order valence-corrected chi connectivity index (χ2v) is 4.46. The molecule has 2 nitrogen and oxygen atoms in total. The molecule has 0 aliphatic heterocycles. The SMILES string of the molecule is Cc1ccc(F)c(C(=O)Cc2ccncc2Cl)c1.